The third-order valence-corrected chi connectivity index (χ3v) is 2.99. The molecule has 0 aromatic heterocycles. The first kappa shape index (κ1) is 14.7. The molecule has 18 heavy (non-hydrogen) atoms. The summed E-state index contributed by atoms with van der Waals surface area (Å²) in [6, 6.07) is 8.31. The minimum Gasteiger partial charge on any atom is -0.494 e. The van der Waals surface area contributed by atoms with Crippen molar-refractivity contribution < 1.29 is 9.53 Å². The summed E-state index contributed by atoms with van der Waals surface area (Å²) < 4.78 is 5.66. The number of unbranched alkanes of at least 4 members (excludes halogenated alkanes) is 2. The van der Waals surface area contributed by atoms with Gasteiger partial charge in [0.15, 0.2) is 0 Å². The fraction of sp³-hybridized carbons (Fsp3) is 0.562. The zero-order chi connectivity index (χ0) is 13.4. The number of rotatable bonds is 8. The topological polar surface area (TPSA) is 26.3 Å². The van der Waals surface area contributed by atoms with Crippen LogP contribution in [0.1, 0.15) is 57.9 Å². The van der Waals surface area contributed by atoms with E-state index in [-0.39, 0.29) is 5.78 Å². The van der Waals surface area contributed by atoms with E-state index in [1.165, 1.54) is 5.56 Å². The monoisotopic (exact) mass is 248 g/mol. The van der Waals surface area contributed by atoms with Crippen LogP contribution in [0.4, 0.5) is 0 Å². The first-order valence-electron chi connectivity index (χ1n) is 6.82. The molecule has 0 N–H and O–H groups in total. The predicted molar refractivity (Wildman–Crippen MR) is 75.2 cm³/mol. The molecule has 2 nitrogen and oxygen atoms in total. The van der Waals surface area contributed by atoms with E-state index >= 15 is 0 Å². The maximum atomic E-state index is 10.8. The normalized spacial score (nSPS) is 10.7. The van der Waals surface area contributed by atoms with Crippen molar-refractivity contribution in [1.82, 2.24) is 0 Å². The van der Waals surface area contributed by atoms with Crippen molar-refractivity contribution in [1.29, 1.82) is 0 Å². The van der Waals surface area contributed by atoms with E-state index in [0.717, 1.165) is 31.6 Å². The Morgan fingerprint density at radius 1 is 1.11 bits per heavy atom. The minimum absolute atomic E-state index is 0.278. The molecule has 1 rings (SSSR count). The van der Waals surface area contributed by atoms with Crippen LogP contribution in [-0.2, 0) is 4.79 Å². The Morgan fingerprint density at radius 3 is 2.33 bits per heavy atom. The summed E-state index contributed by atoms with van der Waals surface area (Å²) in [5, 5.41) is 0. The van der Waals surface area contributed by atoms with Crippen LogP contribution in [0.15, 0.2) is 24.3 Å². The molecule has 0 aliphatic heterocycles. The van der Waals surface area contributed by atoms with Crippen LogP contribution in [0, 0.1) is 0 Å². The summed E-state index contributed by atoms with van der Waals surface area (Å²) in [6.07, 6.45) is 3.75. The number of benzene rings is 1. The Bertz CT molecular complexity index is 352. The van der Waals surface area contributed by atoms with Crippen molar-refractivity contribution in [2.45, 2.75) is 52.4 Å². The number of carbonyl (C=O) groups is 1. The lowest BCUT2D eigenvalue weighted by molar-refractivity contribution is -0.117. The summed E-state index contributed by atoms with van der Waals surface area (Å²) in [4.78, 5) is 10.8. The lowest BCUT2D eigenvalue weighted by Crippen LogP contribution is -1.98. The molecule has 2 heteroatoms. The van der Waals surface area contributed by atoms with Crippen LogP contribution in [0.2, 0.25) is 0 Å². The molecule has 0 amide bonds. The van der Waals surface area contributed by atoms with Crippen molar-refractivity contribution in [3.05, 3.63) is 29.8 Å². The van der Waals surface area contributed by atoms with Crippen molar-refractivity contribution in [2.24, 2.45) is 0 Å². The summed E-state index contributed by atoms with van der Waals surface area (Å²) in [5.74, 6) is 1.77. The molecule has 1 aromatic carbocycles. The number of Topliss-reactive ketones (excluding diaryl/α,β-unsaturated/α-hetero) is 1. The number of ether oxygens (including phenoxy) is 1. The molecule has 0 fully saturated rings. The molecule has 0 bridgehead atoms. The van der Waals surface area contributed by atoms with Gasteiger partial charge >= 0.3 is 0 Å². The van der Waals surface area contributed by atoms with Crippen molar-refractivity contribution in [3.8, 4) is 5.75 Å². The van der Waals surface area contributed by atoms with Crippen LogP contribution >= 0.6 is 0 Å². The summed E-state index contributed by atoms with van der Waals surface area (Å²) in [5.41, 5.74) is 1.34. The average molecular weight is 248 g/mol. The van der Waals surface area contributed by atoms with Gasteiger partial charge < -0.3 is 9.53 Å². The molecule has 0 saturated heterocycles. The molecular weight excluding hydrogens is 224 g/mol. The maximum absolute atomic E-state index is 10.8. The highest BCUT2D eigenvalue weighted by atomic mass is 16.5. The lowest BCUT2D eigenvalue weighted by atomic mass is 10.0. The molecule has 0 radical (unpaired) electrons. The first-order valence-corrected chi connectivity index (χ1v) is 6.82. The standard InChI is InChI=1S/C16H24O2/c1-13(2)15-8-10-16(11-9-15)18-12-6-4-5-7-14(3)17/h8-11,13H,4-7,12H2,1-3H3. The highest BCUT2D eigenvalue weighted by molar-refractivity contribution is 5.75. The lowest BCUT2D eigenvalue weighted by Gasteiger charge is -2.08. The largest absolute Gasteiger partial charge is 0.494 e. The van der Waals surface area contributed by atoms with Crippen LogP contribution in [0.25, 0.3) is 0 Å². The van der Waals surface area contributed by atoms with Crippen LogP contribution in [0.3, 0.4) is 0 Å². The quantitative estimate of drug-likeness (QED) is 0.640. The minimum atomic E-state index is 0.278. The van der Waals surface area contributed by atoms with Crippen molar-refractivity contribution >= 4 is 5.78 Å². The molecule has 0 heterocycles. The molecule has 0 aliphatic carbocycles. The Labute approximate surface area is 110 Å². The Hall–Kier alpha value is -1.31. The molecular formula is C16H24O2. The van der Waals surface area contributed by atoms with Gasteiger partial charge in [0, 0.05) is 6.42 Å². The van der Waals surface area contributed by atoms with E-state index in [0.29, 0.717) is 12.3 Å². The highest BCUT2D eigenvalue weighted by Crippen LogP contribution is 2.18. The Balaban J connectivity index is 2.17. The van der Waals surface area contributed by atoms with E-state index in [4.69, 9.17) is 4.74 Å². The highest BCUT2D eigenvalue weighted by Gasteiger charge is 1.99. The van der Waals surface area contributed by atoms with Gasteiger partial charge in [0.05, 0.1) is 6.61 Å². The fourth-order valence-electron chi connectivity index (χ4n) is 1.79. The van der Waals surface area contributed by atoms with Gasteiger partial charge in [-0.2, -0.15) is 0 Å². The number of ketones is 1. The smallest absolute Gasteiger partial charge is 0.129 e. The van der Waals surface area contributed by atoms with Crippen LogP contribution in [0.5, 0.6) is 5.75 Å². The maximum Gasteiger partial charge on any atom is 0.129 e. The fourth-order valence-corrected chi connectivity index (χ4v) is 1.79. The van der Waals surface area contributed by atoms with E-state index in [9.17, 15) is 4.79 Å². The van der Waals surface area contributed by atoms with Gasteiger partial charge in [-0.1, -0.05) is 26.0 Å². The van der Waals surface area contributed by atoms with Gasteiger partial charge in [-0.25, -0.2) is 0 Å². The summed E-state index contributed by atoms with van der Waals surface area (Å²) in [6.45, 7) is 6.75. The van der Waals surface area contributed by atoms with Gasteiger partial charge in [-0.05, 0) is 49.8 Å². The number of carbonyl (C=O) groups excluding carboxylic acids is 1. The zero-order valence-corrected chi connectivity index (χ0v) is 11.7. The van der Waals surface area contributed by atoms with Gasteiger partial charge in [0.1, 0.15) is 11.5 Å². The second kappa shape index (κ2) is 7.91. The van der Waals surface area contributed by atoms with E-state index in [2.05, 4.69) is 26.0 Å². The Kier molecular flexibility index (Phi) is 6.48. The van der Waals surface area contributed by atoms with Crippen LogP contribution in [-0.4, -0.2) is 12.4 Å². The second-order valence-corrected chi connectivity index (χ2v) is 5.08. The van der Waals surface area contributed by atoms with E-state index in [1.807, 2.05) is 12.1 Å². The van der Waals surface area contributed by atoms with Crippen LogP contribution < -0.4 is 4.74 Å². The second-order valence-electron chi connectivity index (χ2n) is 5.08. The van der Waals surface area contributed by atoms with Crippen molar-refractivity contribution in [3.63, 3.8) is 0 Å². The number of hydrogen-bond donors (Lipinski definition) is 0. The third-order valence-electron chi connectivity index (χ3n) is 2.99. The molecule has 100 valence electrons. The number of hydrogen-bond acceptors (Lipinski definition) is 2. The zero-order valence-electron chi connectivity index (χ0n) is 11.7. The van der Waals surface area contributed by atoms with E-state index in [1.54, 1.807) is 6.92 Å². The predicted octanol–water partition coefficient (Wildman–Crippen LogP) is 4.34. The molecule has 0 atom stereocenters. The molecule has 0 saturated carbocycles. The average Bonchev–Trinajstić information content (AvgIpc) is 2.34. The molecule has 0 aliphatic rings. The van der Waals surface area contributed by atoms with Gasteiger partial charge in [-0.3, -0.25) is 0 Å². The Morgan fingerprint density at radius 2 is 1.78 bits per heavy atom. The summed E-state index contributed by atoms with van der Waals surface area (Å²) in [7, 11) is 0. The van der Waals surface area contributed by atoms with E-state index < -0.39 is 0 Å². The van der Waals surface area contributed by atoms with Gasteiger partial charge in [0.25, 0.3) is 0 Å². The van der Waals surface area contributed by atoms with Gasteiger partial charge in [0.2, 0.25) is 0 Å². The first-order chi connectivity index (χ1) is 8.59. The summed E-state index contributed by atoms with van der Waals surface area (Å²) >= 11 is 0. The van der Waals surface area contributed by atoms with Gasteiger partial charge in [-0.15, -0.1) is 0 Å². The molecule has 0 spiro atoms. The SMILES string of the molecule is CC(=O)CCCCCOc1ccc(C(C)C)cc1. The third kappa shape index (κ3) is 5.85. The van der Waals surface area contributed by atoms with Crippen molar-refractivity contribution in [2.75, 3.05) is 6.61 Å². The molecule has 0 unspecified atom stereocenters. The molecule has 1 aromatic rings.